The molecule has 3 nitrogen and oxygen atoms in total. The molecule has 1 fully saturated rings. The average Bonchev–Trinajstić information content (AvgIpc) is 2.41. The Hall–Kier alpha value is -0.770. The number of hydrogen-bond acceptors (Lipinski definition) is 3. The van der Waals surface area contributed by atoms with Crippen molar-refractivity contribution in [2.45, 2.75) is 32.2 Å². The van der Waals surface area contributed by atoms with Crippen molar-refractivity contribution in [3.63, 3.8) is 0 Å². The molecule has 0 saturated carbocycles. The van der Waals surface area contributed by atoms with Crippen LogP contribution in [0.25, 0.3) is 0 Å². The molecule has 1 aromatic carbocycles. The number of nitrogens with zero attached hydrogens (tertiary/aromatic N) is 1. The highest BCUT2D eigenvalue weighted by atomic mass is 35.5. The summed E-state index contributed by atoms with van der Waals surface area (Å²) >= 11 is 6.20. The summed E-state index contributed by atoms with van der Waals surface area (Å²) in [6, 6.07) is 5.78. The molecule has 1 saturated heterocycles. The maximum atomic E-state index is 6.20. The molecular weight excluding hydrogens is 260 g/mol. The van der Waals surface area contributed by atoms with Gasteiger partial charge in [0.05, 0.1) is 5.02 Å². The minimum Gasteiger partial charge on any atom is -0.491 e. The van der Waals surface area contributed by atoms with Gasteiger partial charge in [-0.1, -0.05) is 24.1 Å². The van der Waals surface area contributed by atoms with E-state index >= 15 is 0 Å². The van der Waals surface area contributed by atoms with E-state index in [9.17, 15) is 0 Å². The molecule has 1 aliphatic heterocycles. The zero-order chi connectivity index (χ0) is 13.7. The molecule has 2 rings (SSSR count). The van der Waals surface area contributed by atoms with Crippen LogP contribution in [-0.2, 0) is 0 Å². The fourth-order valence-electron chi connectivity index (χ4n) is 2.39. The Bertz CT molecular complexity index is 403. The molecule has 0 spiro atoms. The van der Waals surface area contributed by atoms with Crippen molar-refractivity contribution in [2.24, 2.45) is 5.73 Å². The quantitative estimate of drug-likeness (QED) is 0.901. The smallest absolute Gasteiger partial charge is 0.137 e. The Labute approximate surface area is 120 Å². The van der Waals surface area contributed by atoms with Crippen LogP contribution < -0.4 is 10.5 Å². The third-order valence-corrected chi connectivity index (χ3v) is 3.89. The Kier molecular flexibility index (Phi) is 5.49. The zero-order valence-corrected chi connectivity index (χ0v) is 12.3. The molecule has 0 aliphatic carbocycles. The molecule has 0 radical (unpaired) electrons. The molecule has 19 heavy (non-hydrogen) atoms. The molecule has 1 aliphatic rings. The van der Waals surface area contributed by atoms with Crippen LogP contribution in [0.15, 0.2) is 18.2 Å². The van der Waals surface area contributed by atoms with E-state index in [0.717, 1.165) is 17.9 Å². The van der Waals surface area contributed by atoms with Crippen molar-refractivity contribution in [2.75, 3.05) is 26.2 Å². The van der Waals surface area contributed by atoms with Gasteiger partial charge in [0.1, 0.15) is 12.4 Å². The topological polar surface area (TPSA) is 38.5 Å². The number of likely N-dealkylation sites (tertiary alicyclic amines) is 1. The maximum absolute atomic E-state index is 6.20. The van der Waals surface area contributed by atoms with Crippen LogP contribution in [0, 0.1) is 0 Å². The summed E-state index contributed by atoms with van der Waals surface area (Å²) in [5.41, 5.74) is 6.86. The predicted molar refractivity (Wildman–Crippen MR) is 79.8 cm³/mol. The van der Waals surface area contributed by atoms with Crippen LogP contribution in [0.2, 0.25) is 5.02 Å². The van der Waals surface area contributed by atoms with E-state index in [4.69, 9.17) is 22.1 Å². The van der Waals surface area contributed by atoms with Gasteiger partial charge < -0.3 is 10.5 Å². The number of rotatable bonds is 5. The lowest BCUT2D eigenvalue weighted by atomic mass is 10.1. The van der Waals surface area contributed by atoms with Crippen molar-refractivity contribution in [1.29, 1.82) is 0 Å². The summed E-state index contributed by atoms with van der Waals surface area (Å²) in [6.45, 7) is 6.01. The van der Waals surface area contributed by atoms with E-state index in [2.05, 4.69) is 4.90 Å². The minimum atomic E-state index is -0.0000927. The van der Waals surface area contributed by atoms with Crippen LogP contribution in [0.1, 0.15) is 37.8 Å². The molecule has 106 valence electrons. The van der Waals surface area contributed by atoms with Crippen molar-refractivity contribution < 1.29 is 4.74 Å². The Morgan fingerprint density at radius 1 is 1.32 bits per heavy atom. The normalized spacial score (nSPS) is 18.3. The first-order chi connectivity index (χ1) is 9.16. The summed E-state index contributed by atoms with van der Waals surface area (Å²) in [4.78, 5) is 2.45. The third-order valence-electron chi connectivity index (χ3n) is 3.60. The number of piperidine rings is 1. The molecule has 0 unspecified atom stereocenters. The SMILES string of the molecule is C[C@@H](N)c1ccc(OCCN2CCCCC2)c(Cl)c1. The first-order valence-electron chi connectivity index (χ1n) is 7.07. The molecule has 0 amide bonds. The first-order valence-corrected chi connectivity index (χ1v) is 7.45. The largest absolute Gasteiger partial charge is 0.491 e. The standard InChI is InChI=1S/C15H23ClN2O/c1-12(17)13-5-6-15(14(16)11-13)19-10-9-18-7-3-2-4-8-18/h5-6,11-12H,2-4,7-10,17H2,1H3/t12-/m1/s1. The van der Waals surface area contributed by atoms with E-state index in [1.807, 2.05) is 25.1 Å². The average molecular weight is 283 g/mol. The Balaban J connectivity index is 1.82. The van der Waals surface area contributed by atoms with Crippen LogP contribution in [-0.4, -0.2) is 31.1 Å². The van der Waals surface area contributed by atoms with Gasteiger partial charge in [0.2, 0.25) is 0 Å². The predicted octanol–water partition coefficient (Wildman–Crippen LogP) is 3.22. The highest BCUT2D eigenvalue weighted by molar-refractivity contribution is 6.32. The van der Waals surface area contributed by atoms with Gasteiger partial charge in [-0.05, 0) is 50.6 Å². The van der Waals surface area contributed by atoms with Crippen LogP contribution in [0.4, 0.5) is 0 Å². The van der Waals surface area contributed by atoms with E-state index in [1.54, 1.807) is 0 Å². The summed E-state index contributed by atoms with van der Waals surface area (Å²) in [7, 11) is 0. The van der Waals surface area contributed by atoms with Gasteiger partial charge in [0, 0.05) is 12.6 Å². The van der Waals surface area contributed by atoms with Gasteiger partial charge in [0.15, 0.2) is 0 Å². The summed E-state index contributed by atoms with van der Waals surface area (Å²) in [5.74, 6) is 0.753. The summed E-state index contributed by atoms with van der Waals surface area (Å²) in [6.07, 6.45) is 3.98. The minimum absolute atomic E-state index is 0.0000927. The second kappa shape index (κ2) is 7.13. The molecule has 4 heteroatoms. The monoisotopic (exact) mass is 282 g/mol. The molecule has 2 N–H and O–H groups in total. The highest BCUT2D eigenvalue weighted by Crippen LogP contribution is 2.27. The fourth-order valence-corrected chi connectivity index (χ4v) is 2.63. The Morgan fingerprint density at radius 2 is 2.05 bits per heavy atom. The number of halogens is 1. The lowest BCUT2D eigenvalue weighted by Crippen LogP contribution is -2.33. The summed E-state index contributed by atoms with van der Waals surface area (Å²) < 4.78 is 5.76. The van der Waals surface area contributed by atoms with Gasteiger partial charge in [-0.3, -0.25) is 4.90 Å². The van der Waals surface area contributed by atoms with Gasteiger partial charge in [0.25, 0.3) is 0 Å². The molecule has 0 aromatic heterocycles. The number of nitrogens with two attached hydrogens (primary N) is 1. The molecule has 1 aromatic rings. The Morgan fingerprint density at radius 3 is 2.68 bits per heavy atom. The van der Waals surface area contributed by atoms with Crippen molar-refractivity contribution in [1.82, 2.24) is 4.90 Å². The van der Waals surface area contributed by atoms with Crippen LogP contribution in [0.3, 0.4) is 0 Å². The van der Waals surface area contributed by atoms with E-state index < -0.39 is 0 Å². The van der Waals surface area contributed by atoms with Gasteiger partial charge in [-0.15, -0.1) is 0 Å². The lowest BCUT2D eigenvalue weighted by Gasteiger charge is -2.26. The number of benzene rings is 1. The van der Waals surface area contributed by atoms with E-state index in [1.165, 1.54) is 32.4 Å². The summed E-state index contributed by atoms with van der Waals surface area (Å²) in [5, 5.41) is 0.647. The van der Waals surface area contributed by atoms with E-state index in [0.29, 0.717) is 11.6 Å². The molecule has 1 atom stereocenters. The lowest BCUT2D eigenvalue weighted by molar-refractivity contribution is 0.183. The van der Waals surface area contributed by atoms with Crippen LogP contribution >= 0.6 is 11.6 Å². The maximum Gasteiger partial charge on any atom is 0.137 e. The molecule has 0 bridgehead atoms. The van der Waals surface area contributed by atoms with Gasteiger partial charge in [-0.2, -0.15) is 0 Å². The highest BCUT2D eigenvalue weighted by Gasteiger charge is 2.10. The van der Waals surface area contributed by atoms with E-state index in [-0.39, 0.29) is 6.04 Å². The van der Waals surface area contributed by atoms with Crippen LogP contribution in [0.5, 0.6) is 5.75 Å². The third kappa shape index (κ3) is 4.37. The van der Waals surface area contributed by atoms with Crippen molar-refractivity contribution >= 4 is 11.6 Å². The zero-order valence-electron chi connectivity index (χ0n) is 11.6. The second-order valence-electron chi connectivity index (χ2n) is 5.23. The second-order valence-corrected chi connectivity index (χ2v) is 5.64. The fraction of sp³-hybridized carbons (Fsp3) is 0.600. The number of hydrogen-bond donors (Lipinski definition) is 1. The molecule has 1 heterocycles. The first kappa shape index (κ1) is 14.6. The van der Waals surface area contributed by atoms with Gasteiger partial charge >= 0.3 is 0 Å². The van der Waals surface area contributed by atoms with Crippen molar-refractivity contribution in [3.8, 4) is 5.75 Å². The van der Waals surface area contributed by atoms with Gasteiger partial charge in [-0.25, -0.2) is 0 Å². The van der Waals surface area contributed by atoms with Crippen molar-refractivity contribution in [3.05, 3.63) is 28.8 Å². The molecular formula is C15H23ClN2O. The number of ether oxygens (including phenoxy) is 1.